The molecule has 0 bridgehead atoms. The second-order valence-electron chi connectivity index (χ2n) is 4.56. The number of anilines is 1. The number of nitrogens with one attached hydrogen (secondary N) is 1. The standard InChI is InChI=1S/C15H10N4O4S/c20-13(8-5-10-3-6-11(7-4-10)19(21)22)16-15-18-17-14(23-15)12-2-1-9-24-12/h1-9H,(H,16,18,20)/b8-5+. The Morgan fingerprint density at radius 3 is 2.71 bits per heavy atom. The van der Waals surface area contributed by atoms with Gasteiger partial charge in [0.05, 0.1) is 9.80 Å². The highest BCUT2D eigenvalue weighted by Gasteiger charge is 2.10. The molecule has 0 aliphatic rings. The Morgan fingerprint density at radius 2 is 2.04 bits per heavy atom. The van der Waals surface area contributed by atoms with Crippen molar-refractivity contribution in [2.24, 2.45) is 0 Å². The molecule has 0 atom stereocenters. The molecule has 0 aliphatic carbocycles. The Morgan fingerprint density at radius 1 is 1.25 bits per heavy atom. The summed E-state index contributed by atoms with van der Waals surface area (Å²) in [6, 6.07) is 9.50. The number of non-ortho nitro benzene ring substituents is 1. The molecule has 0 radical (unpaired) electrons. The lowest BCUT2D eigenvalue weighted by Crippen LogP contribution is -2.07. The summed E-state index contributed by atoms with van der Waals surface area (Å²) in [7, 11) is 0. The van der Waals surface area contributed by atoms with Gasteiger partial charge in [0, 0.05) is 18.2 Å². The number of carbonyl (C=O) groups is 1. The predicted molar refractivity (Wildman–Crippen MR) is 88.4 cm³/mol. The van der Waals surface area contributed by atoms with Crippen molar-refractivity contribution in [2.75, 3.05) is 5.32 Å². The highest BCUT2D eigenvalue weighted by atomic mass is 32.1. The van der Waals surface area contributed by atoms with E-state index in [0.717, 1.165) is 4.88 Å². The maximum atomic E-state index is 11.8. The maximum Gasteiger partial charge on any atom is 0.322 e. The zero-order chi connectivity index (χ0) is 16.9. The second-order valence-corrected chi connectivity index (χ2v) is 5.51. The van der Waals surface area contributed by atoms with Crippen molar-refractivity contribution in [3.05, 3.63) is 63.5 Å². The number of carbonyl (C=O) groups excluding carboxylic acids is 1. The zero-order valence-electron chi connectivity index (χ0n) is 12.1. The van der Waals surface area contributed by atoms with Crippen molar-refractivity contribution < 1.29 is 14.1 Å². The van der Waals surface area contributed by atoms with Crippen LogP contribution in [0.2, 0.25) is 0 Å². The van der Waals surface area contributed by atoms with Gasteiger partial charge in [0.1, 0.15) is 0 Å². The van der Waals surface area contributed by atoms with Crippen molar-refractivity contribution >= 4 is 35.0 Å². The van der Waals surface area contributed by atoms with Gasteiger partial charge in [0.25, 0.3) is 17.5 Å². The minimum absolute atomic E-state index is 0.00301. The highest BCUT2D eigenvalue weighted by Crippen LogP contribution is 2.24. The van der Waals surface area contributed by atoms with Gasteiger partial charge in [0.2, 0.25) is 0 Å². The highest BCUT2D eigenvalue weighted by molar-refractivity contribution is 7.13. The fraction of sp³-hybridized carbons (Fsp3) is 0. The van der Waals surface area contributed by atoms with Gasteiger partial charge in [-0.3, -0.25) is 20.2 Å². The van der Waals surface area contributed by atoms with Gasteiger partial charge in [-0.25, -0.2) is 0 Å². The maximum absolute atomic E-state index is 11.8. The summed E-state index contributed by atoms with van der Waals surface area (Å²) in [6.45, 7) is 0. The van der Waals surface area contributed by atoms with Gasteiger partial charge in [-0.2, -0.15) is 0 Å². The van der Waals surface area contributed by atoms with E-state index in [1.54, 1.807) is 12.1 Å². The molecule has 3 aromatic rings. The van der Waals surface area contributed by atoms with E-state index in [4.69, 9.17) is 4.42 Å². The lowest BCUT2D eigenvalue weighted by molar-refractivity contribution is -0.384. The molecular weight excluding hydrogens is 332 g/mol. The van der Waals surface area contributed by atoms with E-state index in [-0.39, 0.29) is 11.7 Å². The Bertz CT molecular complexity index is 885. The molecule has 1 aromatic carbocycles. The molecule has 0 spiro atoms. The fourth-order valence-corrected chi connectivity index (χ4v) is 2.44. The molecule has 9 heteroatoms. The molecule has 2 heterocycles. The van der Waals surface area contributed by atoms with E-state index >= 15 is 0 Å². The van der Waals surface area contributed by atoms with Crippen LogP contribution < -0.4 is 5.32 Å². The van der Waals surface area contributed by atoms with Gasteiger partial charge in [-0.1, -0.05) is 11.2 Å². The van der Waals surface area contributed by atoms with Crippen molar-refractivity contribution in [3.63, 3.8) is 0 Å². The molecule has 0 saturated carbocycles. The van der Waals surface area contributed by atoms with E-state index < -0.39 is 10.8 Å². The van der Waals surface area contributed by atoms with Crippen LogP contribution in [0, 0.1) is 10.1 Å². The summed E-state index contributed by atoms with van der Waals surface area (Å²) < 4.78 is 5.34. The van der Waals surface area contributed by atoms with Gasteiger partial charge >= 0.3 is 6.01 Å². The number of benzene rings is 1. The first-order valence-electron chi connectivity index (χ1n) is 6.73. The van der Waals surface area contributed by atoms with Gasteiger partial charge < -0.3 is 4.42 Å². The predicted octanol–water partition coefficient (Wildman–Crippen LogP) is 3.36. The molecule has 0 unspecified atom stereocenters. The number of hydrogen-bond acceptors (Lipinski definition) is 7. The lowest BCUT2D eigenvalue weighted by atomic mass is 10.2. The number of thiophene rings is 1. The number of nitrogens with zero attached hydrogens (tertiary/aromatic N) is 3. The van der Waals surface area contributed by atoms with Crippen molar-refractivity contribution in [2.45, 2.75) is 0 Å². The zero-order valence-corrected chi connectivity index (χ0v) is 12.9. The summed E-state index contributed by atoms with van der Waals surface area (Å²) in [4.78, 5) is 22.7. The van der Waals surface area contributed by atoms with Gasteiger partial charge in [0.15, 0.2) is 0 Å². The molecule has 3 rings (SSSR count). The van der Waals surface area contributed by atoms with Crippen LogP contribution >= 0.6 is 11.3 Å². The number of nitro benzene ring substituents is 1. The Hall–Kier alpha value is -3.33. The average Bonchev–Trinajstić information content (AvgIpc) is 3.24. The van der Waals surface area contributed by atoms with Crippen LogP contribution in [0.4, 0.5) is 11.7 Å². The van der Waals surface area contributed by atoms with E-state index in [1.807, 2.05) is 17.5 Å². The van der Waals surface area contributed by atoms with Gasteiger partial charge in [-0.05, 0) is 35.2 Å². The second kappa shape index (κ2) is 6.84. The van der Waals surface area contributed by atoms with Crippen LogP contribution in [0.5, 0.6) is 0 Å². The van der Waals surface area contributed by atoms with E-state index in [1.165, 1.54) is 35.6 Å². The molecule has 8 nitrogen and oxygen atoms in total. The first-order valence-corrected chi connectivity index (χ1v) is 7.61. The average molecular weight is 342 g/mol. The molecule has 120 valence electrons. The first kappa shape index (κ1) is 15.6. The smallest absolute Gasteiger partial charge is 0.322 e. The molecule has 24 heavy (non-hydrogen) atoms. The molecule has 0 fully saturated rings. The molecule has 2 aromatic heterocycles. The van der Waals surface area contributed by atoms with Crippen LogP contribution in [0.3, 0.4) is 0 Å². The summed E-state index contributed by atoms with van der Waals surface area (Å²) in [6.07, 6.45) is 2.80. The van der Waals surface area contributed by atoms with Crippen LogP contribution in [-0.4, -0.2) is 21.0 Å². The number of aromatic nitrogens is 2. The van der Waals surface area contributed by atoms with Crippen LogP contribution in [0.1, 0.15) is 5.56 Å². The third-order valence-electron chi connectivity index (χ3n) is 2.92. The fourth-order valence-electron chi connectivity index (χ4n) is 1.80. The lowest BCUT2D eigenvalue weighted by Gasteiger charge is -1.95. The Kier molecular flexibility index (Phi) is 4.43. The SMILES string of the molecule is O=C(/C=C/c1ccc([N+](=O)[O-])cc1)Nc1nnc(-c2cccs2)o1. The van der Waals surface area contributed by atoms with Crippen LogP contribution in [0.15, 0.2) is 52.3 Å². The largest absolute Gasteiger partial charge is 0.402 e. The van der Waals surface area contributed by atoms with Crippen LogP contribution in [0.25, 0.3) is 16.8 Å². The number of amides is 1. The number of rotatable bonds is 5. The monoisotopic (exact) mass is 342 g/mol. The number of hydrogen-bond donors (Lipinski definition) is 1. The van der Waals surface area contributed by atoms with Crippen LogP contribution in [-0.2, 0) is 4.79 Å². The topological polar surface area (TPSA) is 111 Å². The molecule has 0 aliphatic heterocycles. The van der Waals surface area contributed by atoms with E-state index in [2.05, 4.69) is 15.5 Å². The van der Waals surface area contributed by atoms with Crippen molar-refractivity contribution in [1.82, 2.24) is 10.2 Å². The van der Waals surface area contributed by atoms with Gasteiger partial charge in [-0.15, -0.1) is 16.4 Å². The third-order valence-corrected chi connectivity index (χ3v) is 3.78. The Balaban J connectivity index is 1.62. The summed E-state index contributed by atoms with van der Waals surface area (Å²) in [5.41, 5.74) is 0.643. The minimum Gasteiger partial charge on any atom is -0.402 e. The summed E-state index contributed by atoms with van der Waals surface area (Å²) in [5, 5.41) is 22.5. The summed E-state index contributed by atoms with van der Waals surface area (Å²) >= 11 is 1.45. The van der Waals surface area contributed by atoms with E-state index in [9.17, 15) is 14.9 Å². The quantitative estimate of drug-likeness (QED) is 0.432. The number of nitro groups is 1. The molecule has 1 N–H and O–H groups in total. The van der Waals surface area contributed by atoms with Crippen molar-refractivity contribution in [1.29, 1.82) is 0 Å². The molecule has 1 amide bonds. The van der Waals surface area contributed by atoms with E-state index in [0.29, 0.717) is 11.5 Å². The Labute approximate surface area is 139 Å². The third kappa shape index (κ3) is 3.70. The normalized spacial score (nSPS) is 10.8. The minimum atomic E-state index is -0.485. The first-order chi connectivity index (χ1) is 11.6. The van der Waals surface area contributed by atoms with Crippen molar-refractivity contribution in [3.8, 4) is 10.8 Å². The molecular formula is C15H10N4O4S. The molecule has 0 saturated heterocycles. The summed E-state index contributed by atoms with van der Waals surface area (Å²) in [5.74, 6) is -0.116.